The first kappa shape index (κ1) is 16.4. The van der Waals surface area contributed by atoms with Gasteiger partial charge in [0.05, 0.1) is 12.2 Å². The van der Waals surface area contributed by atoms with E-state index < -0.39 is 0 Å². The van der Waals surface area contributed by atoms with E-state index in [0.29, 0.717) is 30.2 Å². The number of hydrogen-bond acceptors (Lipinski definition) is 6. The number of aryl methyl sites for hydroxylation is 1. The summed E-state index contributed by atoms with van der Waals surface area (Å²) in [5.41, 5.74) is 0.643. The molecule has 2 heterocycles. The highest BCUT2D eigenvalue weighted by atomic mass is 16.5. The van der Waals surface area contributed by atoms with E-state index in [1.807, 2.05) is 18.7 Å². The molecule has 1 aromatic carbocycles. The van der Waals surface area contributed by atoms with Crippen molar-refractivity contribution in [3.8, 4) is 5.75 Å². The van der Waals surface area contributed by atoms with Crippen molar-refractivity contribution < 1.29 is 14.3 Å². The maximum absolute atomic E-state index is 12.6. The molecule has 2 atom stereocenters. The Balaban J connectivity index is 1.61. The maximum Gasteiger partial charge on any atom is 0.254 e. The van der Waals surface area contributed by atoms with Gasteiger partial charge in [-0.3, -0.25) is 4.79 Å². The number of carbonyl (C=O) groups excluding carboxylic acids is 1. The predicted molar refractivity (Wildman–Crippen MR) is 85.5 cm³/mol. The van der Waals surface area contributed by atoms with Crippen molar-refractivity contribution in [3.05, 3.63) is 35.7 Å². The molecule has 0 radical (unpaired) electrons. The predicted octanol–water partition coefficient (Wildman–Crippen LogP) is 1.04. The van der Waals surface area contributed by atoms with E-state index >= 15 is 0 Å². The van der Waals surface area contributed by atoms with Crippen LogP contribution in [0.5, 0.6) is 5.75 Å². The van der Waals surface area contributed by atoms with Gasteiger partial charge in [-0.1, -0.05) is 0 Å². The highest BCUT2D eigenvalue weighted by Gasteiger charge is 2.26. The first-order valence-corrected chi connectivity index (χ1v) is 7.91. The number of ether oxygens (including phenoxy) is 2. The van der Waals surface area contributed by atoms with Crippen LogP contribution in [0.4, 0.5) is 0 Å². The number of carbonyl (C=O) groups is 1. The number of tetrazole rings is 1. The quantitative estimate of drug-likeness (QED) is 0.832. The lowest BCUT2D eigenvalue weighted by Gasteiger charge is -2.35. The Morgan fingerprint density at radius 1 is 1.25 bits per heavy atom. The topological polar surface area (TPSA) is 82.4 Å². The summed E-state index contributed by atoms with van der Waals surface area (Å²) in [7, 11) is 1.75. The number of morpholine rings is 1. The van der Waals surface area contributed by atoms with Crippen LogP contribution in [-0.2, 0) is 18.4 Å². The van der Waals surface area contributed by atoms with Crippen LogP contribution in [0, 0.1) is 0 Å². The van der Waals surface area contributed by atoms with E-state index in [1.165, 1.54) is 0 Å². The van der Waals surface area contributed by atoms with Crippen molar-refractivity contribution in [2.24, 2.45) is 7.05 Å². The third-order valence-corrected chi connectivity index (χ3v) is 3.88. The Morgan fingerprint density at radius 2 is 1.92 bits per heavy atom. The standard InChI is InChI=1S/C16H21N5O3/c1-11-8-21(9-12(2)24-11)16(22)13-4-6-14(7-5-13)23-10-15-17-18-19-20(15)3/h4-7,11-12H,8-10H2,1-3H3/t11-,12-/m1/s1. The number of benzene rings is 1. The number of amides is 1. The third kappa shape index (κ3) is 3.70. The largest absolute Gasteiger partial charge is 0.486 e. The molecule has 0 N–H and O–H groups in total. The van der Waals surface area contributed by atoms with E-state index in [9.17, 15) is 4.79 Å². The number of aromatic nitrogens is 4. The monoisotopic (exact) mass is 331 g/mol. The van der Waals surface area contributed by atoms with Gasteiger partial charge in [0.2, 0.25) is 0 Å². The van der Waals surface area contributed by atoms with Crippen LogP contribution < -0.4 is 4.74 Å². The summed E-state index contributed by atoms with van der Waals surface area (Å²) in [6.45, 7) is 5.46. The van der Waals surface area contributed by atoms with E-state index in [4.69, 9.17) is 9.47 Å². The van der Waals surface area contributed by atoms with Gasteiger partial charge in [-0.2, -0.15) is 0 Å². The zero-order valence-electron chi connectivity index (χ0n) is 14.0. The summed E-state index contributed by atoms with van der Waals surface area (Å²) < 4.78 is 12.9. The molecule has 0 saturated carbocycles. The van der Waals surface area contributed by atoms with E-state index in [2.05, 4.69) is 15.5 Å². The fourth-order valence-corrected chi connectivity index (χ4v) is 2.74. The molecule has 8 heteroatoms. The summed E-state index contributed by atoms with van der Waals surface area (Å²) in [5.74, 6) is 1.31. The Bertz CT molecular complexity index is 690. The molecule has 0 aliphatic carbocycles. The summed E-state index contributed by atoms with van der Waals surface area (Å²) in [6.07, 6.45) is 0.112. The summed E-state index contributed by atoms with van der Waals surface area (Å²) in [5, 5.41) is 11.2. The van der Waals surface area contributed by atoms with Gasteiger partial charge in [-0.05, 0) is 48.5 Å². The summed E-state index contributed by atoms with van der Waals surface area (Å²) in [4.78, 5) is 14.4. The first-order valence-electron chi connectivity index (χ1n) is 7.91. The fraction of sp³-hybridized carbons (Fsp3) is 0.500. The SMILES string of the molecule is C[C@@H]1CN(C(=O)c2ccc(OCc3nnnn3C)cc2)C[C@@H](C)O1. The van der Waals surface area contributed by atoms with Crippen molar-refractivity contribution in [2.75, 3.05) is 13.1 Å². The van der Waals surface area contributed by atoms with Crippen LogP contribution in [0.2, 0.25) is 0 Å². The van der Waals surface area contributed by atoms with Crippen LogP contribution in [-0.4, -0.2) is 56.3 Å². The van der Waals surface area contributed by atoms with Crippen LogP contribution >= 0.6 is 0 Å². The highest BCUT2D eigenvalue weighted by Crippen LogP contribution is 2.17. The van der Waals surface area contributed by atoms with E-state index in [1.54, 1.807) is 36.0 Å². The Hall–Kier alpha value is -2.48. The van der Waals surface area contributed by atoms with Gasteiger partial charge in [0.1, 0.15) is 12.4 Å². The molecule has 1 saturated heterocycles. The lowest BCUT2D eigenvalue weighted by Crippen LogP contribution is -2.48. The summed E-state index contributed by atoms with van der Waals surface area (Å²) >= 11 is 0. The van der Waals surface area contributed by atoms with Crippen LogP contribution in [0.25, 0.3) is 0 Å². The van der Waals surface area contributed by atoms with Gasteiger partial charge in [-0.25, -0.2) is 4.68 Å². The minimum Gasteiger partial charge on any atom is -0.486 e. The van der Waals surface area contributed by atoms with Crippen molar-refractivity contribution >= 4 is 5.91 Å². The minimum absolute atomic E-state index is 0.0149. The van der Waals surface area contributed by atoms with E-state index in [-0.39, 0.29) is 24.7 Å². The molecule has 1 amide bonds. The molecule has 24 heavy (non-hydrogen) atoms. The molecule has 8 nitrogen and oxygen atoms in total. The van der Waals surface area contributed by atoms with Gasteiger partial charge >= 0.3 is 0 Å². The molecule has 1 fully saturated rings. The minimum atomic E-state index is 0.0149. The average molecular weight is 331 g/mol. The number of hydrogen-bond donors (Lipinski definition) is 0. The molecule has 3 rings (SSSR count). The Labute approximate surface area is 140 Å². The molecule has 0 spiro atoms. The second kappa shape index (κ2) is 6.96. The van der Waals surface area contributed by atoms with E-state index in [0.717, 1.165) is 0 Å². The molecule has 0 unspecified atom stereocenters. The molecule has 1 aliphatic rings. The number of rotatable bonds is 4. The fourth-order valence-electron chi connectivity index (χ4n) is 2.74. The molecular formula is C16H21N5O3. The van der Waals surface area contributed by atoms with Crippen molar-refractivity contribution in [3.63, 3.8) is 0 Å². The Morgan fingerprint density at radius 3 is 2.50 bits per heavy atom. The molecular weight excluding hydrogens is 310 g/mol. The Kier molecular flexibility index (Phi) is 4.75. The molecule has 1 aromatic heterocycles. The molecule has 1 aliphatic heterocycles. The molecule has 2 aromatic rings. The van der Waals surface area contributed by atoms with Crippen LogP contribution in [0.1, 0.15) is 30.0 Å². The van der Waals surface area contributed by atoms with Crippen molar-refractivity contribution in [2.45, 2.75) is 32.7 Å². The molecule has 0 bridgehead atoms. The maximum atomic E-state index is 12.6. The van der Waals surface area contributed by atoms with Crippen molar-refractivity contribution in [1.29, 1.82) is 0 Å². The first-order chi connectivity index (χ1) is 11.5. The van der Waals surface area contributed by atoms with Gasteiger partial charge in [-0.15, -0.1) is 5.10 Å². The van der Waals surface area contributed by atoms with Crippen LogP contribution in [0.3, 0.4) is 0 Å². The number of nitrogens with zero attached hydrogens (tertiary/aromatic N) is 5. The smallest absolute Gasteiger partial charge is 0.254 e. The van der Waals surface area contributed by atoms with Gasteiger partial charge in [0.15, 0.2) is 5.82 Å². The average Bonchev–Trinajstić information content (AvgIpc) is 2.97. The van der Waals surface area contributed by atoms with Gasteiger partial charge in [0.25, 0.3) is 5.91 Å². The normalized spacial score (nSPS) is 20.9. The van der Waals surface area contributed by atoms with Gasteiger partial charge < -0.3 is 14.4 Å². The zero-order valence-corrected chi connectivity index (χ0v) is 14.0. The molecule has 128 valence electrons. The van der Waals surface area contributed by atoms with Crippen molar-refractivity contribution in [1.82, 2.24) is 25.1 Å². The van der Waals surface area contributed by atoms with Gasteiger partial charge in [0, 0.05) is 25.7 Å². The lowest BCUT2D eigenvalue weighted by molar-refractivity contribution is -0.0586. The zero-order chi connectivity index (χ0) is 17.1. The van der Waals surface area contributed by atoms with Crippen LogP contribution in [0.15, 0.2) is 24.3 Å². The third-order valence-electron chi connectivity index (χ3n) is 3.88. The second-order valence-corrected chi connectivity index (χ2v) is 6.00. The highest BCUT2D eigenvalue weighted by molar-refractivity contribution is 5.94. The lowest BCUT2D eigenvalue weighted by atomic mass is 10.1. The summed E-state index contributed by atoms with van der Waals surface area (Å²) in [6, 6.07) is 7.11. The second-order valence-electron chi connectivity index (χ2n) is 6.00.